The van der Waals surface area contributed by atoms with Gasteiger partial charge in [0.25, 0.3) is 0 Å². The van der Waals surface area contributed by atoms with Crippen molar-refractivity contribution < 1.29 is 14.6 Å². The van der Waals surface area contributed by atoms with Crippen LogP contribution in [0, 0.1) is 0 Å². The summed E-state index contributed by atoms with van der Waals surface area (Å²) in [7, 11) is 1.76. The Hall–Kier alpha value is -2.77. The lowest BCUT2D eigenvalue weighted by Crippen LogP contribution is -2.37. The number of fused-ring (bicyclic) bond motifs is 1. The first-order chi connectivity index (χ1) is 14.3. The van der Waals surface area contributed by atoms with E-state index in [9.17, 15) is 9.90 Å². The molecule has 0 aliphatic carbocycles. The van der Waals surface area contributed by atoms with Gasteiger partial charge >= 0.3 is 0 Å². The molecule has 1 aliphatic heterocycles. The molecule has 3 heterocycles. The summed E-state index contributed by atoms with van der Waals surface area (Å²) >= 11 is 0. The van der Waals surface area contributed by atoms with Crippen molar-refractivity contribution in [2.75, 3.05) is 25.1 Å². The first-order valence-corrected chi connectivity index (χ1v) is 10.3. The highest BCUT2D eigenvalue weighted by atomic mass is 16.5. The maximum Gasteiger partial charge on any atom is 0.168 e. The minimum Gasteiger partial charge on any atom is -0.386 e. The molecule has 0 atom stereocenters. The van der Waals surface area contributed by atoms with Crippen molar-refractivity contribution in [1.29, 1.82) is 0 Å². The lowest BCUT2D eigenvalue weighted by molar-refractivity contribution is 0.0784. The second-order valence-electron chi connectivity index (χ2n) is 8.37. The molecule has 7 nitrogen and oxygen atoms in total. The number of hydrogen-bond donors (Lipinski definition) is 1. The maximum atomic E-state index is 12.9. The molecule has 1 saturated heterocycles. The summed E-state index contributed by atoms with van der Waals surface area (Å²) in [5.74, 6) is 0.956. The van der Waals surface area contributed by atoms with Crippen molar-refractivity contribution in [2.45, 2.75) is 44.8 Å². The van der Waals surface area contributed by atoms with Crippen molar-refractivity contribution >= 4 is 17.2 Å². The van der Waals surface area contributed by atoms with Crippen molar-refractivity contribution in [1.82, 2.24) is 14.6 Å². The monoisotopic (exact) mass is 408 g/mol. The highest BCUT2D eigenvalue weighted by molar-refractivity contribution is 5.97. The van der Waals surface area contributed by atoms with Crippen LogP contribution in [0.3, 0.4) is 0 Å². The lowest BCUT2D eigenvalue weighted by Gasteiger charge is -2.33. The fourth-order valence-corrected chi connectivity index (χ4v) is 3.91. The van der Waals surface area contributed by atoms with E-state index in [0.29, 0.717) is 11.7 Å². The van der Waals surface area contributed by atoms with Crippen molar-refractivity contribution in [2.24, 2.45) is 0 Å². The summed E-state index contributed by atoms with van der Waals surface area (Å²) in [5, 5.41) is 14.5. The van der Waals surface area contributed by atoms with Gasteiger partial charge in [-0.1, -0.05) is 24.3 Å². The summed E-state index contributed by atoms with van der Waals surface area (Å²) in [5.41, 5.74) is 1.92. The van der Waals surface area contributed by atoms with Gasteiger partial charge in [0.15, 0.2) is 11.4 Å². The Kier molecular flexibility index (Phi) is 5.58. The van der Waals surface area contributed by atoms with E-state index in [-0.39, 0.29) is 12.2 Å². The Morgan fingerprint density at radius 3 is 2.53 bits per heavy atom. The average Bonchev–Trinajstić information content (AvgIpc) is 3.21. The van der Waals surface area contributed by atoms with E-state index in [0.717, 1.165) is 48.7 Å². The van der Waals surface area contributed by atoms with Crippen LogP contribution >= 0.6 is 0 Å². The summed E-state index contributed by atoms with van der Waals surface area (Å²) in [6, 6.07) is 11.0. The Morgan fingerprint density at radius 1 is 1.20 bits per heavy atom. The molecule has 3 aromatic rings. The van der Waals surface area contributed by atoms with E-state index in [1.807, 2.05) is 16.6 Å². The zero-order valence-corrected chi connectivity index (χ0v) is 17.7. The zero-order chi connectivity index (χ0) is 21.3. The number of anilines is 1. The van der Waals surface area contributed by atoms with Gasteiger partial charge in [-0.3, -0.25) is 4.79 Å². The third-order valence-electron chi connectivity index (χ3n) is 5.75. The molecule has 30 heavy (non-hydrogen) atoms. The maximum absolute atomic E-state index is 12.9. The quantitative estimate of drug-likeness (QED) is 0.632. The smallest absolute Gasteiger partial charge is 0.168 e. The van der Waals surface area contributed by atoms with Gasteiger partial charge in [-0.05, 0) is 32.3 Å². The zero-order valence-electron chi connectivity index (χ0n) is 17.7. The standard InChI is InChI=1S/C23H28N4O3/c1-23(2,29)17-6-4-16(5-7-17)20(28)14-18-15-22(27-21(25-18)8-11-24-27)26-12-9-19(30-3)10-13-26/h4-8,11,15,19,29H,9-10,12-14H2,1-3H3. The molecular formula is C23H28N4O3. The van der Waals surface area contributed by atoms with Crippen LogP contribution in [0.4, 0.5) is 5.82 Å². The third-order valence-corrected chi connectivity index (χ3v) is 5.75. The number of benzene rings is 1. The van der Waals surface area contributed by atoms with Crippen molar-refractivity contribution in [3.05, 3.63) is 59.4 Å². The molecule has 2 aromatic heterocycles. The summed E-state index contributed by atoms with van der Waals surface area (Å²) < 4.78 is 7.31. The van der Waals surface area contributed by atoms with E-state index in [4.69, 9.17) is 4.74 Å². The molecule has 1 fully saturated rings. The predicted molar refractivity (Wildman–Crippen MR) is 115 cm³/mol. The van der Waals surface area contributed by atoms with Crippen LogP contribution in [0.5, 0.6) is 0 Å². The summed E-state index contributed by atoms with van der Waals surface area (Å²) in [4.78, 5) is 19.8. The van der Waals surface area contributed by atoms with E-state index >= 15 is 0 Å². The number of rotatable bonds is 6. The van der Waals surface area contributed by atoms with Crippen LogP contribution in [0.25, 0.3) is 5.65 Å². The van der Waals surface area contributed by atoms with Gasteiger partial charge in [0.1, 0.15) is 5.82 Å². The van der Waals surface area contributed by atoms with Gasteiger partial charge in [-0.25, -0.2) is 4.98 Å². The molecular weight excluding hydrogens is 380 g/mol. The minimum absolute atomic E-state index is 0.00213. The van der Waals surface area contributed by atoms with Gasteiger partial charge < -0.3 is 14.7 Å². The number of carbonyl (C=O) groups excluding carboxylic acids is 1. The molecule has 0 saturated carbocycles. The molecule has 7 heteroatoms. The summed E-state index contributed by atoms with van der Waals surface area (Å²) in [6.07, 6.45) is 4.16. The van der Waals surface area contributed by atoms with Crippen LogP contribution in [0.2, 0.25) is 0 Å². The fraction of sp³-hybridized carbons (Fsp3) is 0.435. The Balaban J connectivity index is 1.56. The number of aromatic nitrogens is 3. The van der Waals surface area contributed by atoms with E-state index in [2.05, 4.69) is 15.0 Å². The molecule has 0 spiro atoms. The number of carbonyl (C=O) groups is 1. The third kappa shape index (κ3) is 4.22. The number of piperidine rings is 1. The van der Waals surface area contributed by atoms with E-state index in [1.54, 1.807) is 51.4 Å². The van der Waals surface area contributed by atoms with Gasteiger partial charge in [-0.2, -0.15) is 9.61 Å². The highest BCUT2D eigenvalue weighted by Crippen LogP contribution is 2.24. The predicted octanol–water partition coefficient (Wildman–Crippen LogP) is 3.00. The van der Waals surface area contributed by atoms with Gasteiger partial charge in [0.2, 0.25) is 0 Å². The van der Waals surface area contributed by atoms with Gasteiger partial charge in [0, 0.05) is 37.9 Å². The Bertz CT molecular complexity index is 1030. The molecule has 158 valence electrons. The first-order valence-electron chi connectivity index (χ1n) is 10.3. The second-order valence-corrected chi connectivity index (χ2v) is 8.37. The number of ketones is 1. The minimum atomic E-state index is -0.929. The lowest BCUT2D eigenvalue weighted by atomic mass is 9.96. The second kappa shape index (κ2) is 8.16. The first kappa shape index (κ1) is 20.5. The topological polar surface area (TPSA) is 80.0 Å². The Morgan fingerprint density at radius 2 is 1.90 bits per heavy atom. The molecule has 1 aliphatic rings. The van der Waals surface area contributed by atoms with Gasteiger partial charge in [0.05, 0.1) is 30.0 Å². The number of nitrogens with zero attached hydrogens (tertiary/aromatic N) is 4. The highest BCUT2D eigenvalue weighted by Gasteiger charge is 2.22. The van der Waals surface area contributed by atoms with Gasteiger partial charge in [-0.15, -0.1) is 0 Å². The number of ether oxygens (including phenoxy) is 1. The van der Waals surface area contributed by atoms with Crippen LogP contribution in [-0.2, 0) is 16.8 Å². The largest absolute Gasteiger partial charge is 0.386 e. The van der Waals surface area contributed by atoms with Crippen LogP contribution in [0.15, 0.2) is 42.6 Å². The molecule has 4 rings (SSSR count). The molecule has 0 unspecified atom stereocenters. The number of aliphatic hydroxyl groups is 1. The van der Waals surface area contributed by atoms with E-state index < -0.39 is 5.60 Å². The van der Waals surface area contributed by atoms with Crippen molar-refractivity contribution in [3.8, 4) is 0 Å². The van der Waals surface area contributed by atoms with Crippen LogP contribution in [-0.4, -0.2) is 51.8 Å². The SMILES string of the molecule is COC1CCN(c2cc(CC(=O)c3ccc(C(C)(C)O)cc3)nc3ccnn23)CC1. The molecule has 0 amide bonds. The number of hydrogen-bond acceptors (Lipinski definition) is 6. The van der Waals surface area contributed by atoms with Crippen LogP contribution in [0.1, 0.15) is 48.3 Å². The van der Waals surface area contributed by atoms with Crippen molar-refractivity contribution in [3.63, 3.8) is 0 Å². The normalized spacial score (nSPS) is 15.7. The fourth-order valence-electron chi connectivity index (χ4n) is 3.91. The number of Topliss-reactive ketones (excluding diaryl/α,β-unsaturated/α-hetero) is 1. The average molecular weight is 409 g/mol. The molecule has 0 radical (unpaired) electrons. The molecule has 0 bridgehead atoms. The van der Waals surface area contributed by atoms with Crippen LogP contribution < -0.4 is 4.90 Å². The number of methoxy groups -OCH3 is 1. The molecule has 1 N–H and O–H groups in total. The Labute approximate surface area is 176 Å². The molecule has 1 aromatic carbocycles. The van der Waals surface area contributed by atoms with E-state index in [1.165, 1.54) is 0 Å². The summed E-state index contributed by atoms with van der Waals surface area (Å²) in [6.45, 7) is 5.21.